The van der Waals surface area contributed by atoms with Gasteiger partial charge < -0.3 is 10.2 Å². The standard InChI is InChI=1S/C15H18F2N2O2S/c16-12-4-3-11(9-13(12)17)22-10-14(20)18-6-5-15(21)19-7-1-2-8-19/h3-4,9H,1-2,5-8,10H2,(H,18,20). The lowest BCUT2D eigenvalue weighted by atomic mass is 10.3. The van der Waals surface area contributed by atoms with Gasteiger partial charge in [-0.15, -0.1) is 11.8 Å². The molecule has 0 aliphatic carbocycles. The van der Waals surface area contributed by atoms with E-state index >= 15 is 0 Å². The van der Waals surface area contributed by atoms with Gasteiger partial charge in [-0.2, -0.15) is 0 Å². The monoisotopic (exact) mass is 328 g/mol. The number of halogens is 2. The summed E-state index contributed by atoms with van der Waals surface area (Å²) in [5, 5.41) is 2.66. The van der Waals surface area contributed by atoms with Crippen LogP contribution in [0.15, 0.2) is 23.1 Å². The van der Waals surface area contributed by atoms with Gasteiger partial charge in [0.05, 0.1) is 5.75 Å². The molecule has 1 fully saturated rings. The third-order valence-electron chi connectivity index (χ3n) is 3.38. The highest BCUT2D eigenvalue weighted by atomic mass is 32.2. The van der Waals surface area contributed by atoms with Crippen LogP contribution in [0.2, 0.25) is 0 Å². The molecule has 0 unspecified atom stereocenters. The Balaban J connectivity index is 1.65. The number of carbonyl (C=O) groups excluding carboxylic acids is 2. The molecule has 2 amide bonds. The average molecular weight is 328 g/mol. The lowest BCUT2D eigenvalue weighted by Crippen LogP contribution is -2.33. The van der Waals surface area contributed by atoms with Crippen LogP contribution < -0.4 is 5.32 Å². The first kappa shape index (κ1) is 16.7. The second-order valence-corrected chi connectivity index (χ2v) is 6.10. The van der Waals surface area contributed by atoms with Crippen molar-refractivity contribution < 1.29 is 18.4 Å². The number of benzene rings is 1. The number of hydrogen-bond donors (Lipinski definition) is 1. The van der Waals surface area contributed by atoms with Gasteiger partial charge in [-0.3, -0.25) is 9.59 Å². The van der Waals surface area contributed by atoms with Gasteiger partial charge in [0.1, 0.15) is 0 Å². The summed E-state index contributed by atoms with van der Waals surface area (Å²) in [6.07, 6.45) is 2.38. The molecule has 1 aromatic rings. The van der Waals surface area contributed by atoms with Crippen molar-refractivity contribution in [2.24, 2.45) is 0 Å². The summed E-state index contributed by atoms with van der Waals surface area (Å²) in [5.74, 6) is -1.91. The van der Waals surface area contributed by atoms with Crippen LogP contribution in [0.4, 0.5) is 8.78 Å². The first-order valence-electron chi connectivity index (χ1n) is 7.18. The van der Waals surface area contributed by atoms with E-state index in [0.717, 1.165) is 49.8 Å². The number of carbonyl (C=O) groups is 2. The van der Waals surface area contributed by atoms with Crippen LogP contribution >= 0.6 is 11.8 Å². The van der Waals surface area contributed by atoms with Gasteiger partial charge in [-0.1, -0.05) is 0 Å². The largest absolute Gasteiger partial charge is 0.355 e. The molecule has 1 heterocycles. The SMILES string of the molecule is O=C(CSc1ccc(F)c(F)c1)NCCC(=O)N1CCCC1. The van der Waals surface area contributed by atoms with Crippen LogP contribution in [0.5, 0.6) is 0 Å². The third-order valence-corrected chi connectivity index (χ3v) is 4.37. The highest BCUT2D eigenvalue weighted by Gasteiger charge is 2.17. The van der Waals surface area contributed by atoms with Crippen LogP contribution in [-0.4, -0.2) is 42.1 Å². The summed E-state index contributed by atoms with van der Waals surface area (Å²) in [4.78, 5) is 25.7. The molecule has 0 bridgehead atoms. The molecular weight excluding hydrogens is 310 g/mol. The van der Waals surface area contributed by atoms with E-state index in [4.69, 9.17) is 0 Å². The Hall–Kier alpha value is -1.63. The Kier molecular flexibility index (Phi) is 6.18. The van der Waals surface area contributed by atoms with E-state index in [9.17, 15) is 18.4 Å². The Morgan fingerprint density at radius 1 is 1.18 bits per heavy atom. The normalized spacial score (nSPS) is 14.2. The zero-order chi connectivity index (χ0) is 15.9. The zero-order valence-corrected chi connectivity index (χ0v) is 12.9. The fourth-order valence-electron chi connectivity index (χ4n) is 2.20. The predicted octanol–water partition coefficient (Wildman–Crippen LogP) is 2.19. The van der Waals surface area contributed by atoms with Crippen molar-refractivity contribution in [1.29, 1.82) is 0 Å². The smallest absolute Gasteiger partial charge is 0.230 e. The molecule has 1 aliphatic rings. The maximum absolute atomic E-state index is 13.0. The molecule has 22 heavy (non-hydrogen) atoms. The van der Waals surface area contributed by atoms with Gasteiger partial charge in [-0.05, 0) is 31.0 Å². The van der Waals surface area contributed by atoms with Gasteiger partial charge in [0, 0.05) is 31.0 Å². The lowest BCUT2D eigenvalue weighted by Gasteiger charge is -2.15. The molecule has 0 radical (unpaired) electrons. The number of thioether (sulfide) groups is 1. The Morgan fingerprint density at radius 2 is 1.91 bits per heavy atom. The maximum Gasteiger partial charge on any atom is 0.230 e. The molecule has 0 aromatic heterocycles. The fourth-order valence-corrected chi connectivity index (χ4v) is 2.95. The molecule has 0 saturated carbocycles. The molecule has 120 valence electrons. The van der Waals surface area contributed by atoms with E-state index in [1.54, 1.807) is 0 Å². The van der Waals surface area contributed by atoms with E-state index in [1.807, 2.05) is 4.90 Å². The van der Waals surface area contributed by atoms with Crippen molar-refractivity contribution in [2.45, 2.75) is 24.2 Å². The number of nitrogens with one attached hydrogen (secondary N) is 1. The van der Waals surface area contributed by atoms with Crippen molar-refractivity contribution in [3.05, 3.63) is 29.8 Å². The highest BCUT2D eigenvalue weighted by molar-refractivity contribution is 8.00. The third kappa shape index (κ3) is 4.98. The lowest BCUT2D eigenvalue weighted by molar-refractivity contribution is -0.130. The minimum absolute atomic E-state index is 0.0612. The number of nitrogens with zero attached hydrogens (tertiary/aromatic N) is 1. The van der Waals surface area contributed by atoms with E-state index in [0.29, 0.717) is 17.9 Å². The maximum atomic E-state index is 13.0. The van der Waals surface area contributed by atoms with Crippen molar-refractivity contribution in [1.82, 2.24) is 10.2 Å². The Morgan fingerprint density at radius 3 is 2.59 bits per heavy atom. The average Bonchev–Trinajstić information content (AvgIpc) is 3.03. The molecule has 0 spiro atoms. The van der Waals surface area contributed by atoms with Crippen molar-refractivity contribution in [3.63, 3.8) is 0 Å². The Labute approximate surface area is 132 Å². The molecule has 2 rings (SSSR count). The summed E-state index contributed by atoms with van der Waals surface area (Å²) >= 11 is 1.12. The number of hydrogen-bond acceptors (Lipinski definition) is 3. The number of amides is 2. The molecule has 1 aromatic carbocycles. The van der Waals surface area contributed by atoms with Gasteiger partial charge in [0.15, 0.2) is 11.6 Å². The molecule has 1 aliphatic heterocycles. The van der Waals surface area contributed by atoms with Crippen molar-refractivity contribution in [2.75, 3.05) is 25.4 Å². The van der Waals surface area contributed by atoms with Crippen LogP contribution in [0.1, 0.15) is 19.3 Å². The first-order chi connectivity index (χ1) is 10.6. The summed E-state index contributed by atoms with van der Waals surface area (Å²) in [7, 11) is 0. The topological polar surface area (TPSA) is 49.4 Å². The van der Waals surface area contributed by atoms with Gasteiger partial charge in [0.25, 0.3) is 0 Å². The van der Waals surface area contributed by atoms with E-state index in [1.165, 1.54) is 6.07 Å². The second kappa shape index (κ2) is 8.12. The molecule has 1 N–H and O–H groups in total. The Bertz CT molecular complexity index is 548. The molecule has 4 nitrogen and oxygen atoms in total. The van der Waals surface area contributed by atoms with Crippen LogP contribution in [-0.2, 0) is 9.59 Å². The van der Waals surface area contributed by atoms with Crippen LogP contribution in [0, 0.1) is 11.6 Å². The van der Waals surface area contributed by atoms with Gasteiger partial charge >= 0.3 is 0 Å². The van der Waals surface area contributed by atoms with Gasteiger partial charge in [0.2, 0.25) is 11.8 Å². The quantitative estimate of drug-likeness (QED) is 0.815. The van der Waals surface area contributed by atoms with Crippen molar-refractivity contribution >= 4 is 23.6 Å². The van der Waals surface area contributed by atoms with Crippen LogP contribution in [0.25, 0.3) is 0 Å². The number of rotatable bonds is 6. The second-order valence-electron chi connectivity index (χ2n) is 5.05. The first-order valence-corrected chi connectivity index (χ1v) is 8.17. The number of likely N-dealkylation sites (tertiary alicyclic amines) is 1. The highest BCUT2D eigenvalue weighted by Crippen LogP contribution is 2.20. The predicted molar refractivity (Wildman–Crippen MR) is 80.5 cm³/mol. The summed E-state index contributed by atoms with van der Waals surface area (Å²) in [6, 6.07) is 3.52. The summed E-state index contributed by atoms with van der Waals surface area (Å²) in [6.45, 7) is 1.91. The van der Waals surface area contributed by atoms with Crippen LogP contribution in [0.3, 0.4) is 0 Å². The summed E-state index contributed by atoms with van der Waals surface area (Å²) < 4.78 is 25.8. The molecule has 0 atom stereocenters. The zero-order valence-electron chi connectivity index (χ0n) is 12.1. The van der Waals surface area contributed by atoms with E-state index < -0.39 is 11.6 Å². The van der Waals surface area contributed by atoms with E-state index in [2.05, 4.69) is 5.32 Å². The summed E-state index contributed by atoms with van der Waals surface area (Å²) in [5.41, 5.74) is 0. The molecule has 1 saturated heterocycles. The van der Waals surface area contributed by atoms with Gasteiger partial charge in [-0.25, -0.2) is 8.78 Å². The molecule has 7 heteroatoms. The minimum atomic E-state index is -0.929. The molecular formula is C15H18F2N2O2S. The van der Waals surface area contributed by atoms with Crippen molar-refractivity contribution in [3.8, 4) is 0 Å². The minimum Gasteiger partial charge on any atom is -0.355 e. The van der Waals surface area contributed by atoms with E-state index in [-0.39, 0.29) is 17.6 Å². The fraction of sp³-hybridized carbons (Fsp3) is 0.467.